The standard InChI is InChI=1S/C10H9O5P/c11-9-3-1-7-2-4-10(6-8(7)5-9)15-16(12,13)14/h1-6,11H,(H2,12,13,14). The van der Waals surface area contributed by atoms with Crippen molar-refractivity contribution in [3.8, 4) is 11.5 Å². The Morgan fingerprint density at radius 3 is 2.38 bits per heavy atom. The molecule has 3 N–H and O–H groups in total. The Kier molecular flexibility index (Phi) is 2.59. The van der Waals surface area contributed by atoms with Gasteiger partial charge in [-0.05, 0) is 35.0 Å². The van der Waals surface area contributed by atoms with Gasteiger partial charge in [0.25, 0.3) is 0 Å². The number of phosphoric ester groups is 1. The second-order valence-electron chi connectivity index (χ2n) is 3.28. The van der Waals surface area contributed by atoms with Crippen molar-refractivity contribution in [1.82, 2.24) is 0 Å². The summed E-state index contributed by atoms with van der Waals surface area (Å²) in [7, 11) is -4.54. The molecule has 6 heteroatoms. The van der Waals surface area contributed by atoms with E-state index in [1.165, 1.54) is 24.3 Å². The van der Waals surface area contributed by atoms with Gasteiger partial charge in [0.1, 0.15) is 11.5 Å². The zero-order valence-electron chi connectivity index (χ0n) is 8.07. The smallest absolute Gasteiger partial charge is 0.508 e. The summed E-state index contributed by atoms with van der Waals surface area (Å²) in [4.78, 5) is 17.3. The molecule has 0 aliphatic rings. The number of hydrogen-bond donors (Lipinski definition) is 3. The first-order valence-corrected chi connectivity index (χ1v) is 5.95. The van der Waals surface area contributed by atoms with Crippen LogP contribution in [0.2, 0.25) is 0 Å². The predicted octanol–water partition coefficient (Wildman–Crippen LogP) is 2.02. The van der Waals surface area contributed by atoms with E-state index in [9.17, 15) is 9.67 Å². The molecule has 16 heavy (non-hydrogen) atoms. The molecule has 0 saturated carbocycles. The number of aromatic hydroxyl groups is 1. The zero-order chi connectivity index (χ0) is 11.8. The van der Waals surface area contributed by atoms with Crippen LogP contribution in [0.1, 0.15) is 0 Å². The Bertz CT molecular complexity index is 574. The third kappa shape index (κ3) is 2.52. The van der Waals surface area contributed by atoms with Gasteiger partial charge in [-0.1, -0.05) is 12.1 Å². The van der Waals surface area contributed by atoms with Gasteiger partial charge in [0.2, 0.25) is 0 Å². The van der Waals surface area contributed by atoms with E-state index in [2.05, 4.69) is 4.52 Å². The minimum absolute atomic E-state index is 0.0615. The quantitative estimate of drug-likeness (QED) is 0.699. The summed E-state index contributed by atoms with van der Waals surface area (Å²) in [6, 6.07) is 9.28. The van der Waals surface area contributed by atoms with Crippen molar-refractivity contribution in [2.75, 3.05) is 0 Å². The highest BCUT2D eigenvalue weighted by Crippen LogP contribution is 2.38. The monoisotopic (exact) mass is 240 g/mol. The number of rotatable bonds is 2. The summed E-state index contributed by atoms with van der Waals surface area (Å²) < 4.78 is 15.1. The van der Waals surface area contributed by atoms with Crippen LogP contribution in [0, 0.1) is 0 Å². The van der Waals surface area contributed by atoms with Crippen molar-refractivity contribution in [2.45, 2.75) is 0 Å². The molecular weight excluding hydrogens is 231 g/mol. The number of hydrogen-bond acceptors (Lipinski definition) is 3. The Morgan fingerprint density at radius 1 is 1.00 bits per heavy atom. The molecule has 0 amide bonds. The van der Waals surface area contributed by atoms with Gasteiger partial charge < -0.3 is 9.63 Å². The minimum Gasteiger partial charge on any atom is -0.508 e. The van der Waals surface area contributed by atoms with Crippen LogP contribution in [-0.4, -0.2) is 14.9 Å². The first kappa shape index (κ1) is 11.0. The molecule has 5 nitrogen and oxygen atoms in total. The highest BCUT2D eigenvalue weighted by atomic mass is 31.2. The number of fused-ring (bicyclic) bond motifs is 1. The van der Waals surface area contributed by atoms with Gasteiger partial charge >= 0.3 is 7.82 Å². The molecule has 0 saturated heterocycles. The van der Waals surface area contributed by atoms with E-state index in [1.807, 2.05) is 0 Å². The lowest BCUT2D eigenvalue weighted by Crippen LogP contribution is -1.89. The summed E-state index contributed by atoms with van der Waals surface area (Å²) >= 11 is 0. The molecule has 0 spiro atoms. The molecule has 0 heterocycles. The van der Waals surface area contributed by atoms with E-state index >= 15 is 0 Å². The second-order valence-corrected chi connectivity index (χ2v) is 4.44. The van der Waals surface area contributed by atoms with Crippen molar-refractivity contribution >= 4 is 18.6 Å². The Morgan fingerprint density at radius 2 is 1.69 bits per heavy atom. The Balaban J connectivity index is 2.47. The number of phenolic OH excluding ortho intramolecular Hbond substituents is 1. The molecule has 2 aromatic rings. The molecule has 0 unspecified atom stereocenters. The SMILES string of the molecule is O=P(O)(O)Oc1ccc2ccc(O)cc2c1. The van der Waals surface area contributed by atoms with E-state index in [0.717, 1.165) is 5.39 Å². The molecule has 0 aliphatic heterocycles. The van der Waals surface area contributed by atoms with Crippen LogP contribution >= 0.6 is 7.82 Å². The van der Waals surface area contributed by atoms with Crippen molar-refractivity contribution in [3.05, 3.63) is 36.4 Å². The lowest BCUT2D eigenvalue weighted by molar-refractivity contribution is 0.283. The molecule has 0 radical (unpaired) electrons. The maximum absolute atomic E-state index is 10.6. The van der Waals surface area contributed by atoms with Crippen LogP contribution in [0.25, 0.3) is 10.8 Å². The fourth-order valence-electron chi connectivity index (χ4n) is 1.41. The normalized spacial score (nSPS) is 11.6. The molecular formula is C10H9O5P. The van der Waals surface area contributed by atoms with Crippen molar-refractivity contribution in [2.24, 2.45) is 0 Å². The highest BCUT2D eigenvalue weighted by molar-refractivity contribution is 7.46. The number of phenols is 1. The minimum atomic E-state index is -4.54. The molecule has 84 valence electrons. The summed E-state index contributed by atoms with van der Waals surface area (Å²) in [6.07, 6.45) is 0. The average molecular weight is 240 g/mol. The Labute approximate surface area is 91.2 Å². The van der Waals surface area contributed by atoms with Crippen molar-refractivity contribution in [1.29, 1.82) is 0 Å². The van der Waals surface area contributed by atoms with Crippen molar-refractivity contribution in [3.63, 3.8) is 0 Å². The van der Waals surface area contributed by atoms with Gasteiger partial charge in [-0.2, -0.15) is 0 Å². The van der Waals surface area contributed by atoms with Gasteiger partial charge in [-0.15, -0.1) is 0 Å². The molecule has 0 fully saturated rings. The summed E-state index contributed by atoms with van der Waals surface area (Å²) in [5.74, 6) is 0.146. The van der Waals surface area contributed by atoms with E-state index in [0.29, 0.717) is 5.39 Å². The Hall–Kier alpha value is -1.55. The van der Waals surface area contributed by atoms with Crippen LogP contribution in [0.15, 0.2) is 36.4 Å². The molecule has 0 atom stereocenters. The summed E-state index contributed by atoms with van der Waals surface area (Å²) in [5, 5.41) is 10.7. The maximum atomic E-state index is 10.6. The average Bonchev–Trinajstić information content (AvgIpc) is 2.14. The first-order valence-electron chi connectivity index (χ1n) is 4.42. The van der Waals surface area contributed by atoms with Crippen LogP contribution in [0.4, 0.5) is 0 Å². The molecule has 0 aromatic heterocycles. The van der Waals surface area contributed by atoms with Crippen LogP contribution in [-0.2, 0) is 4.57 Å². The zero-order valence-corrected chi connectivity index (χ0v) is 8.96. The molecule has 0 bridgehead atoms. The largest absolute Gasteiger partial charge is 0.524 e. The number of benzene rings is 2. The van der Waals surface area contributed by atoms with Crippen LogP contribution < -0.4 is 4.52 Å². The first-order chi connectivity index (χ1) is 7.44. The van der Waals surface area contributed by atoms with E-state index in [-0.39, 0.29) is 11.5 Å². The lowest BCUT2D eigenvalue weighted by atomic mass is 10.1. The third-order valence-corrected chi connectivity index (χ3v) is 2.47. The van der Waals surface area contributed by atoms with Crippen molar-refractivity contribution < 1.29 is 24.0 Å². The van der Waals surface area contributed by atoms with E-state index in [1.54, 1.807) is 12.1 Å². The van der Waals surface area contributed by atoms with Gasteiger partial charge in [0.15, 0.2) is 0 Å². The topological polar surface area (TPSA) is 87.0 Å². The van der Waals surface area contributed by atoms with Gasteiger partial charge in [-0.3, -0.25) is 9.79 Å². The molecule has 2 rings (SSSR count). The fourth-order valence-corrected chi connectivity index (χ4v) is 1.79. The van der Waals surface area contributed by atoms with E-state index < -0.39 is 7.82 Å². The highest BCUT2D eigenvalue weighted by Gasteiger charge is 2.15. The van der Waals surface area contributed by atoms with Crippen LogP contribution in [0.5, 0.6) is 11.5 Å². The van der Waals surface area contributed by atoms with Gasteiger partial charge in [0.05, 0.1) is 0 Å². The van der Waals surface area contributed by atoms with Gasteiger partial charge in [-0.25, -0.2) is 4.57 Å². The lowest BCUT2D eigenvalue weighted by Gasteiger charge is -2.07. The van der Waals surface area contributed by atoms with Crippen LogP contribution in [0.3, 0.4) is 0 Å². The predicted molar refractivity (Wildman–Crippen MR) is 58.3 cm³/mol. The molecule has 2 aromatic carbocycles. The third-order valence-electron chi connectivity index (χ3n) is 2.02. The number of phosphoric acid groups is 1. The summed E-state index contributed by atoms with van der Waals surface area (Å²) in [5.41, 5.74) is 0. The fraction of sp³-hybridized carbons (Fsp3) is 0. The summed E-state index contributed by atoms with van der Waals surface area (Å²) in [6.45, 7) is 0. The second kappa shape index (κ2) is 3.79. The maximum Gasteiger partial charge on any atom is 0.524 e. The van der Waals surface area contributed by atoms with E-state index in [4.69, 9.17) is 9.79 Å². The molecule has 0 aliphatic carbocycles. The van der Waals surface area contributed by atoms with Gasteiger partial charge in [0, 0.05) is 0 Å².